The van der Waals surface area contributed by atoms with E-state index in [0.29, 0.717) is 26.1 Å². The number of carbonyl (C=O) groups excluding carboxylic acids is 2. The van der Waals surface area contributed by atoms with Crippen LogP contribution in [-0.2, 0) is 11.2 Å². The van der Waals surface area contributed by atoms with Crippen molar-refractivity contribution < 1.29 is 14.3 Å². The lowest BCUT2D eigenvalue weighted by atomic mass is 10.1. The van der Waals surface area contributed by atoms with Crippen LogP contribution in [-0.4, -0.2) is 64.2 Å². The minimum absolute atomic E-state index is 0.0769. The Morgan fingerprint density at radius 2 is 2.17 bits per heavy atom. The van der Waals surface area contributed by atoms with Crippen LogP contribution in [0.15, 0.2) is 24.4 Å². The molecule has 0 unspecified atom stereocenters. The van der Waals surface area contributed by atoms with Crippen LogP contribution in [0.5, 0.6) is 0 Å². The molecule has 0 aromatic carbocycles. The molecule has 2 fully saturated rings. The third-order valence-corrected chi connectivity index (χ3v) is 4.23. The van der Waals surface area contributed by atoms with Crippen LogP contribution in [0, 0.1) is 0 Å². The smallest absolute Gasteiger partial charge is 0.410 e. The average Bonchev–Trinajstić information content (AvgIpc) is 3.02. The van der Waals surface area contributed by atoms with E-state index in [9.17, 15) is 9.59 Å². The molecule has 0 bridgehead atoms. The van der Waals surface area contributed by atoms with Gasteiger partial charge in [-0.2, -0.15) is 0 Å². The molecule has 7 nitrogen and oxygen atoms in total. The van der Waals surface area contributed by atoms with E-state index in [1.165, 1.54) is 0 Å². The zero-order chi connectivity index (χ0) is 17.3. The van der Waals surface area contributed by atoms with Crippen LogP contribution in [0.4, 0.5) is 9.59 Å². The molecule has 3 amide bonds. The number of urea groups is 1. The second-order valence-electron chi connectivity index (χ2n) is 7.34. The van der Waals surface area contributed by atoms with Gasteiger partial charge in [0.2, 0.25) is 0 Å². The summed E-state index contributed by atoms with van der Waals surface area (Å²) >= 11 is 0. The number of hydrogen-bond donors (Lipinski definition) is 1. The molecule has 3 heterocycles. The number of carbonyl (C=O) groups is 2. The predicted octanol–water partition coefficient (Wildman–Crippen LogP) is 1.64. The van der Waals surface area contributed by atoms with Gasteiger partial charge < -0.3 is 15.0 Å². The summed E-state index contributed by atoms with van der Waals surface area (Å²) in [4.78, 5) is 32.1. The Morgan fingerprint density at radius 1 is 1.38 bits per heavy atom. The van der Waals surface area contributed by atoms with Crippen molar-refractivity contribution in [2.75, 3.05) is 19.6 Å². The largest absolute Gasteiger partial charge is 0.442 e. The number of aromatic nitrogens is 1. The lowest BCUT2D eigenvalue weighted by molar-refractivity contribution is 0.122. The van der Waals surface area contributed by atoms with Gasteiger partial charge in [-0.05, 0) is 32.9 Å². The third kappa shape index (κ3) is 3.60. The molecule has 2 saturated heterocycles. The second kappa shape index (κ2) is 6.30. The summed E-state index contributed by atoms with van der Waals surface area (Å²) < 4.78 is 5.44. The van der Waals surface area contributed by atoms with Crippen molar-refractivity contribution in [1.29, 1.82) is 0 Å². The van der Waals surface area contributed by atoms with Gasteiger partial charge in [-0.25, -0.2) is 9.59 Å². The van der Waals surface area contributed by atoms with Gasteiger partial charge in [-0.1, -0.05) is 6.07 Å². The van der Waals surface area contributed by atoms with Crippen LogP contribution in [0.3, 0.4) is 0 Å². The topological polar surface area (TPSA) is 74.8 Å². The van der Waals surface area contributed by atoms with Gasteiger partial charge >= 0.3 is 12.1 Å². The minimum atomic E-state index is -0.295. The van der Waals surface area contributed by atoms with E-state index in [1.807, 2.05) is 39.0 Å². The first kappa shape index (κ1) is 16.5. The molecule has 0 spiro atoms. The Balaban J connectivity index is 1.60. The second-order valence-corrected chi connectivity index (χ2v) is 7.34. The SMILES string of the molecule is CC(C)(C)NC(=O)N1C[C@H]2OC(=O)N(CCc3ccccn3)[C@H]2C1. The fourth-order valence-corrected chi connectivity index (χ4v) is 3.11. The van der Waals surface area contributed by atoms with Gasteiger partial charge in [0, 0.05) is 36.9 Å². The Bertz CT molecular complexity index is 614. The molecular formula is C17H24N4O3. The minimum Gasteiger partial charge on any atom is -0.442 e. The zero-order valence-corrected chi connectivity index (χ0v) is 14.4. The van der Waals surface area contributed by atoms with Crippen LogP contribution in [0.1, 0.15) is 26.5 Å². The number of hydrogen-bond acceptors (Lipinski definition) is 4. The van der Waals surface area contributed by atoms with Gasteiger partial charge in [0.25, 0.3) is 0 Å². The van der Waals surface area contributed by atoms with Crippen molar-refractivity contribution in [1.82, 2.24) is 20.1 Å². The molecule has 24 heavy (non-hydrogen) atoms. The fraction of sp³-hybridized carbons (Fsp3) is 0.588. The molecule has 3 rings (SSSR count). The molecule has 0 radical (unpaired) electrons. The molecule has 2 atom stereocenters. The van der Waals surface area contributed by atoms with Gasteiger partial charge in [-0.3, -0.25) is 9.88 Å². The Hall–Kier alpha value is -2.31. The summed E-state index contributed by atoms with van der Waals surface area (Å²) in [6.07, 6.45) is 1.88. The summed E-state index contributed by atoms with van der Waals surface area (Å²) in [5.74, 6) is 0. The van der Waals surface area contributed by atoms with Crippen LogP contribution in [0.2, 0.25) is 0 Å². The number of likely N-dealkylation sites (tertiary alicyclic amines) is 1. The summed E-state index contributed by atoms with van der Waals surface area (Å²) in [5.41, 5.74) is 0.651. The van der Waals surface area contributed by atoms with E-state index in [0.717, 1.165) is 5.69 Å². The standard InChI is InChI=1S/C17H24N4O3/c1-17(2,3)19-15(22)20-10-13-14(11-20)24-16(23)21(13)9-7-12-6-4-5-8-18-12/h4-6,8,13-14H,7,9-11H2,1-3H3,(H,19,22)/t13-,14+/m0/s1. The normalized spacial score (nSPS) is 23.2. The average molecular weight is 332 g/mol. The lowest BCUT2D eigenvalue weighted by Crippen LogP contribution is -2.49. The third-order valence-electron chi connectivity index (χ3n) is 4.23. The first-order valence-electron chi connectivity index (χ1n) is 8.28. The summed E-state index contributed by atoms with van der Waals surface area (Å²) in [6.45, 7) is 7.33. The Morgan fingerprint density at radius 3 is 2.83 bits per heavy atom. The van der Waals surface area contributed by atoms with Crippen LogP contribution < -0.4 is 5.32 Å². The maximum absolute atomic E-state index is 12.3. The number of nitrogens with one attached hydrogen (secondary N) is 1. The molecule has 1 N–H and O–H groups in total. The van der Waals surface area contributed by atoms with Gasteiger partial charge in [-0.15, -0.1) is 0 Å². The first-order chi connectivity index (χ1) is 11.3. The summed E-state index contributed by atoms with van der Waals surface area (Å²) in [6, 6.07) is 5.55. The van der Waals surface area contributed by atoms with E-state index in [1.54, 1.807) is 16.0 Å². The molecule has 2 aliphatic rings. The number of ether oxygens (including phenoxy) is 1. The van der Waals surface area contributed by atoms with E-state index in [-0.39, 0.29) is 29.8 Å². The van der Waals surface area contributed by atoms with Crippen LogP contribution in [0.25, 0.3) is 0 Å². The van der Waals surface area contributed by atoms with Crippen molar-refractivity contribution in [3.05, 3.63) is 30.1 Å². The predicted molar refractivity (Wildman–Crippen MR) is 88.6 cm³/mol. The van der Waals surface area contributed by atoms with Gasteiger partial charge in [0.1, 0.15) is 6.10 Å². The maximum atomic E-state index is 12.3. The molecule has 0 saturated carbocycles. The van der Waals surface area contributed by atoms with Crippen molar-refractivity contribution in [2.45, 2.75) is 44.9 Å². The molecule has 0 aliphatic carbocycles. The van der Waals surface area contributed by atoms with Gasteiger partial charge in [0.15, 0.2) is 0 Å². The van der Waals surface area contributed by atoms with E-state index < -0.39 is 0 Å². The number of rotatable bonds is 3. The quantitative estimate of drug-likeness (QED) is 0.913. The van der Waals surface area contributed by atoms with Crippen LogP contribution >= 0.6 is 0 Å². The zero-order valence-electron chi connectivity index (χ0n) is 14.4. The Labute approximate surface area is 142 Å². The number of nitrogens with zero attached hydrogens (tertiary/aromatic N) is 3. The van der Waals surface area contributed by atoms with Crippen molar-refractivity contribution in [2.24, 2.45) is 0 Å². The maximum Gasteiger partial charge on any atom is 0.410 e. The van der Waals surface area contributed by atoms with Crippen molar-refractivity contribution in [3.8, 4) is 0 Å². The number of pyridine rings is 1. The number of fused-ring (bicyclic) bond motifs is 1. The highest BCUT2D eigenvalue weighted by Gasteiger charge is 2.48. The van der Waals surface area contributed by atoms with E-state index >= 15 is 0 Å². The van der Waals surface area contributed by atoms with E-state index in [4.69, 9.17) is 4.74 Å². The van der Waals surface area contributed by atoms with Crippen molar-refractivity contribution in [3.63, 3.8) is 0 Å². The molecular weight excluding hydrogens is 308 g/mol. The van der Waals surface area contributed by atoms with Gasteiger partial charge in [0.05, 0.1) is 12.6 Å². The fourth-order valence-electron chi connectivity index (χ4n) is 3.11. The van der Waals surface area contributed by atoms with E-state index in [2.05, 4.69) is 10.3 Å². The molecule has 7 heteroatoms. The lowest BCUT2D eigenvalue weighted by Gasteiger charge is -2.27. The summed E-state index contributed by atoms with van der Waals surface area (Å²) in [5, 5.41) is 2.95. The highest BCUT2D eigenvalue weighted by molar-refractivity contribution is 5.77. The van der Waals surface area contributed by atoms with Crippen molar-refractivity contribution >= 4 is 12.1 Å². The molecule has 2 aliphatic heterocycles. The monoisotopic (exact) mass is 332 g/mol. The summed E-state index contributed by atoms with van der Waals surface area (Å²) in [7, 11) is 0. The molecule has 1 aromatic heterocycles. The Kier molecular flexibility index (Phi) is 4.34. The number of amides is 3. The molecule has 130 valence electrons. The molecule has 1 aromatic rings. The highest BCUT2D eigenvalue weighted by atomic mass is 16.6. The first-order valence-corrected chi connectivity index (χ1v) is 8.28. The highest BCUT2D eigenvalue weighted by Crippen LogP contribution is 2.27.